The molecule has 0 saturated carbocycles. The molecule has 0 radical (unpaired) electrons. The standard InChI is InChI=1S/C30H25ClF6N6O3/c1-42-22-11-18(27-40-28(46-41-27)30(35,36)37)12-23(45-29(33)34)26(22)39-24(42)14-43-9-7-16(8-10-43)21-3-2-4-25(38-21)44-15-17-5-6-19(31)13-20(17)32/h2-6,11-13,16,29H,7-10,14-15H2,1H3. The van der Waals surface area contributed by atoms with Crippen LogP contribution in [0.4, 0.5) is 26.3 Å². The Morgan fingerprint density at radius 1 is 1.04 bits per heavy atom. The van der Waals surface area contributed by atoms with Crippen LogP contribution < -0.4 is 9.47 Å². The minimum Gasteiger partial charge on any atom is -0.473 e. The lowest BCUT2D eigenvalue weighted by Gasteiger charge is -2.31. The zero-order valence-electron chi connectivity index (χ0n) is 24.1. The second-order valence-electron chi connectivity index (χ2n) is 10.7. The molecule has 2 aromatic carbocycles. The lowest BCUT2D eigenvalue weighted by molar-refractivity contribution is -0.159. The Kier molecular flexibility index (Phi) is 8.79. The number of aromatic nitrogens is 5. The summed E-state index contributed by atoms with van der Waals surface area (Å²) in [5, 5.41) is 3.66. The van der Waals surface area contributed by atoms with E-state index in [0.717, 1.165) is 24.6 Å². The Hall–Kier alpha value is -4.37. The van der Waals surface area contributed by atoms with Crippen LogP contribution in [-0.2, 0) is 26.4 Å². The van der Waals surface area contributed by atoms with Gasteiger partial charge in [-0.05, 0) is 56.3 Å². The highest BCUT2D eigenvalue weighted by Crippen LogP contribution is 2.35. The summed E-state index contributed by atoms with van der Waals surface area (Å²) < 4.78 is 96.1. The fourth-order valence-electron chi connectivity index (χ4n) is 5.33. The predicted octanol–water partition coefficient (Wildman–Crippen LogP) is 7.39. The lowest BCUT2D eigenvalue weighted by Crippen LogP contribution is -2.33. The first-order valence-electron chi connectivity index (χ1n) is 14.1. The second kappa shape index (κ2) is 12.8. The van der Waals surface area contributed by atoms with Gasteiger partial charge in [-0.3, -0.25) is 4.90 Å². The van der Waals surface area contributed by atoms with Crippen LogP contribution in [0.5, 0.6) is 11.6 Å². The van der Waals surface area contributed by atoms with E-state index in [1.54, 1.807) is 29.8 Å². The van der Waals surface area contributed by atoms with Crippen LogP contribution in [0.25, 0.3) is 22.4 Å². The van der Waals surface area contributed by atoms with E-state index in [4.69, 9.17) is 16.3 Å². The second-order valence-corrected chi connectivity index (χ2v) is 11.1. The average Bonchev–Trinajstić information content (AvgIpc) is 3.63. The zero-order valence-corrected chi connectivity index (χ0v) is 24.8. The van der Waals surface area contributed by atoms with Crippen LogP contribution in [0.2, 0.25) is 5.02 Å². The van der Waals surface area contributed by atoms with Crippen molar-refractivity contribution in [1.29, 1.82) is 0 Å². The molecule has 0 unspecified atom stereocenters. The van der Waals surface area contributed by atoms with Crippen LogP contribution in [-0.4, -0.2) is 49.3 Å². The number of nitrogens with zero attached hydrogens (tertiary/aromatic N) is 6. The Labute approximate surface area is 262 Å². The molecule has 5 aromatic rings. The average molecular weight is 667 g/mol. The summed E-state index contributed by atoms with van der Waals surface area (Å²) in [6.45, 7) is -1.44. The van der Waals surface area contributed by atoms with Crippen molar-refractivity contribution in [2.45, 2.75) is 44.7 Å². The minimum atomic E-state index is -4.86. The van der Waals surface area contributed by atoms with E-state index in [2.05, 4.69) is 34.3 Å². The third-order valence-corrected chi connectivity index (χ3v) is 7.93. The molecule has 242 valence electrons. The first-order chi connectivity index (χ1) is 21.9. The number of halogens is 7. The van der Waals surface area contributed by atoms with Gasteiger partial charge in [0.15, 0.2) is 5.75 Å². The number of ether oxygens (including phenoxy) is 2. The molecule has 16 heteroatoms. The van der Waals surface area contributed by atoms with E-state index in [1.807, 2.05) is 12.1 Å². The van der Waals surface area contributed by atoms with E-state index in [-0.39, 0.29) is 29.4 Å². The van der Waals surface area contributed by atoms with Crippen molar-refractivity contribution in [1.82, 2.24) is 29.6 Å². The Bertz CT molecular complexity index is 1850. The van der Waals surface area contributed by atoms with Gasteiger partial charge in [-0.15, -0.1) is 0 Å². The quantitative estimate of drug-likeness (QED) is 0.151. The normalized spacial score (nSPS) is 14.8. The Balaban J connectivity index is 1.14. The van der Waals surface area contributed by atoms with Crippen molar-refractivity contribution in [3.8, 4) is 23.0 Å². The lowest BCUT2D eigenvalue weighted by atomic mass is 9.93. The molecule has 1 saturated heterocycles. The zero-order chi connectivity index (χ0) is 32.6. The number of benzene rings is 2. The SMILES string of the molecule is Cn1c(CN2CCC(c3cccc(OCc4ccc(Cl)cc4F)n3)CC2)nc2c(OC(F)F)cc(-c3noc(C(F)(F)F)n3)cc21. The summed E-state index contributed by atoms with van der Waals surface area (Å²) in [4.78, 5) is 14.7. The van der Waals surface area contributed by atoms with Crippen LogP contribution in [0.3, 0.4) is 0 Å². The molecule has 1 aliphatic rings. The van der Waals surface area contributed by atoms with Crippen molar-refractivity contribution in [3.63, 3.8) is 0 Å². The highest BCUT2D eigenvalue weighted by molar-refractivity contribution is 6.30. The van der Waals surface area contributed by atoms with Gasteiger partial charge in [0, 0.05) is 40.9 Å². The summed E-state index contributed by atoms with van der Waals surface area (Å²) in [6, 6.07) is 12.4. The van der Waals surface area contributed by atoms with Crippen molar-refractivity contribution >= 4 is 22.6 Å². The summed E-state index contributed by atoms with van der Waals surface area (Å²) in [7, 11) is 1.68. The molecule has 0 spiro atoms. The summed E-state index contributed by atoms with van der Waals surface area (Å²) in [5.41, 5.74) is 1.68. The molecule has 0 bridgehead atoms. The molecule has 4 heterocycles. The highest BCUT2D eigenvalue weighted by atomic mass is 35.5. The molecule has 3 aromatic heterocycles. The molecule has 6 rings (SSSR count). The van der Waals surface area contributed by atoms with Gasteiger partial charge >= 0.3 is 18.7 Å². The number of imidazole rings is 1. The van der Waals surface area contributed by atoms with Gasteiger partial charge in [-0.2, -0.15) is 26.9 Å². The number of rotatable bonds is 9. The van der Waals surface area contributed by atoms with E-state index in [0.29, 0.717) is 47.4 Å². The maximum atomic E-state index is 14.1. The molecule has 9 nitrogen and oxygen atoms in total. The third kappa shape index (κ3) is 6.89. The number of pyridine rings is 1. The fraction of sp³-hybridized carbons (Fsp3) is 0.333. The van der Waals surface area contributed by atoms with Gasteiger partial charge in [-0.25, -0.2) is 14.4 Å². The third-order valence-electron chi connectivity index (χ3n) is 7.69. The topological polar surface area (TPSA) is 91.3 Å². The summed E-state index contributed by atoms with van der Waals surface area (Å²) in [6.07, 6.45) is -3.32. The van der Waals surface area contributed by atoms with E-state index in [1.165, 1.54) is 12.1 Å². The van der Waals surface area contributed by atoms with Crippen molar-refractivity contribution in [2.75, 3.05) is 13.1 Å². The van der Waals surface area contributed by atoms with Crippen molar-refractivity contribution in [2.24, 2.45) is 7.05 Å². The predicted molar refractivity (Wildman–Crippen MR) is 153 cm³/mol. The van der Waals surface area contributed by atoms with Gasteiger partial charge in [0.1, 0.15) is 23.8 Å². The van der Waals surface area contributed by atoms with Gasteiger partial charge in [-0.1, -0.05) is 28.9 Å². The fourth-order valence-corrected chi connectivity index (χ4v) is 5.49. The first-order valence-corrected chi connectivity index (χ1v) is 14.4. The van der Waals surface area contributed by atoms with E-state index < -0.39 is 30.3 Å². The number of alkyl halides is 5. The number of hydrogen-bond donors (Lipinski definition) is 0. The maximum Gasteiger partial charge on any atom is 0.471 e. The summed E-state index contributed by atoms with van der Waals surface area (Å²) in [5.74, 6) is -1.70. The molecule has 0 atom stereocenters. The number of fused-ring (bicyclic) bond motifs is 1. The summed E-state index contributed by atoms with van der Waals surface area (Å²) >= 11 is 5.82. The minimum absolute atomic E-state index is 0.00484. The van der Waals surface area contributed by atoms with Gasteiger partial charge in [0.25, 0.3) is 0 Å². The van der Waals surface area contributed by atoms with Crippen LogP contribution in [0.15, 0.2) is 53.1 Å². The number of hydrogen-bond acceptors (Lipinski definition) is 8. The highest BCUT2D eigenvalue weighted by Gasteiger charge is 2.38. The van der Waals surface area contributed by atoms with Gasteiger partial charge in [0.2, 0.25) is 11.7 Å². The molecular formula is C30H25ClF6N6O3. The number of likely N-dealkylation sites (tertiary alicyclic amines) is 1. The van der Waals surface area contributed by atoms with E-state index in [9.17, 15) is 26.3 Å². The Morgan fingerprint density at radius 3 is 2.52 bits per heavy atom. The van der Waals surface area contributed by atoms with Gasteiger partial charge < -0.3 is 18.6 Å². The number of piperidine rings is 1. The molecule has 0 aliphatic carbocycles. The van der Waals surface area contributed by atoms with Crippen LogP contribution in [0, 0.1) is 5.82 Å². The smallest absolute Gasteiger partial charge is 0.471 e. The van der Waals surface area contributed by atoms with Crippen molar-refractivity contribution in [3.05, 3.63) is 82.3 Å². The van der Waals surface area contributed by atoms with Crippen LogP contribution >= 0.6 is 11.6 Å². The van der Waals surface area contributed by atoms with E-state index >= 15 is 0 Å². The largest absolute Gasteiger partial charge is 0.473 e. The molecular weight excluding hydrogens is 642 g/mol. The molecule has 1 fully saturated rings. The Morgan fingerprint density at radius 2 is 1.83 bits per heavy atom. The maximum absolute atomic E-state index is 14.1. The molecule has 0 amide bonds. The molecule has 46 heavy (non-hydrogen) atoms. The van der Waals surface area contributed by atoms with Crippen LogP contribution in [0.1, 0.15) is 41.7 Å². The van der Waals surface area contributed by atoms with Crippen molar-refractivity contribution < 1.29 is 40.3 Å². The first kappa shape index (κ1) is 31.6. The molecule has 0 N–H and O–H groups in total. The van der Waals surface area contributed by atoms with Gasteiger partial charge in [0.05, 0.1) is 12.1 Å². The monoisotopic (exact) mass is 666 g/mol. The number of aryl methyl sites for hydroxylation is 1. The molecule has 1 aliphatic heterocycles.